The summed E-state index contributed by atoms with van der Waals surface area (Å²) >= 11 is 0. The molecule has 3 nitrogen and oxygen atoms in total. The zero-order valence-electron chi connectivity index (χ0n) is 15.5. The molecular weight excluding hydrogens is 300 g/mol. The van der Waals surface area contributed by atoms with Crippen molar-refractivity contribution >= 4 is 6.29 Å². The number of hydrogen-bond acceptors (Lipinski definition) is 3. The molecule has 3 heteroatoms. The molecule has 1 aliphatic heterocycles. The van der Waals surface area contributed by atoms with Gasteiger partial charge in [-0.05, 0) is 55.3 Å². The Morgan fingerprint density at radius 2 is 1.88 bits per heavy atom. The minimum Gasteiger partial charge on any atom is -0.347 e. The first-order chi connectivity index (χ1) is 11.4. The van der Waals surface area contributed by atoms with Gasteiger partial charge in [-0.25, -0.2) is 0 Å². The van der Waals surface area contributed by atoms with Gasteiger partial charge in [0, 0.05) is 18.3 Å². The van der Waals surface area contributed by atoms with Crippen LogP contribution in [-0.4, -0.2) is 25.3 Å². The highest BCUT2D eigenvalue weighted by molar-refractivity contribution is 5.53. The molecule has 0 aromatic rings. The van der Waals surface area contributed by atoms with E-state index in [9.17, 15) is 4.79 Å². The number of allylic oxidation sites excluding steroid dienone is 2. The Balaban J connectivity index is 1.76. The number of rotatable bonds is 2. The van der Waals surface area contributed by atoms with Crippen molar-refractivity contribution < 1.29 is 14.3 Å². The Bertz CT molecular complexity index is 557. The van der Waals surface area contributed by atoms with E-state index in [-0.39, 0.29) is 16.2 Å². The Morgan fingerprint density at radius 3 is 2.58 bits per heavy atom. The van der Waals surface area contributed by atoms with Gasteiger partial charge in [-0.1, -0.05) is 32.4 Å². The molecule has 1 heterocycles. The third-order valence-electron chi connectivity index (χ3n) is 8.13. The molecule has 4 rings (SSSR count). The fourth-order valence-corrected chi connectivity index (χ4v) is 6.99. The van der Waals surface area contributed by atoms with Crippen molar-refractivity contribution in [1.82, 2.24) is 0 Å². The van der Waals surface area contributed by atoms with Gasteiger partial charge in [-0.3, -0.25) is 0 Å². The first-order valence-corrected chi connectivity index (χ1v) is 9.83. The summed E-state index contributed by atoms with van der Waals surface area (Å²) in [5, 5.41) is 0. The third-order valence-corrected chi connectivity index (χ3v) is 8.13. The van der Waals surface area contributed by atoms with Crippen molar-refractivity contribution in [2.24, 2.45) is 22.2 Å². The van der Waals surface area contributed by atoms with Crippen molar-refractivity contribution in [2.45, 2.75) is 77.9 Å². The van der Waals surface area contributed by atoms with E-state index in [0.717, 1.165) is 32.5 Å². The normalized spacial score (nSPS) is 43.0. The maximum atomic E-state index is 11.5. The van der Waals surface area contributed by atoms with Crippen LogP contribution in [-0.2, 0) is 14.3 Å². The van der Waals surface area contributed by atoms with Crippen LogP contribution < -0.4 is 0 Å². The molecule has 1 spiro atoms. The highest BCUT2D eigenvalue weighted by Crippen LogP contribution is 2.69. The molecule has 0 N–H and O–H groups in total. The van der Waals surface area contributed by atoms with E-state index in [2.05, 4.69) is 26.8 Å². The van der Waals surface area contributed by atoms with Gasteiger partial charge in [0.25, 0.3) is 0 Å². The van der Waals surface area contributed by atoms with E-state index in [1.807, 2.05) is 0 Å². The van der Waals surface area contributed by atoms with E-state index >= 15 is 0 Å². The lowest BCUT2D eigenvalue weighted by Gasteiger charge is -2.64. The predicted octanol–water partition coefficient (Wildman–Crippen LogP) is 4.65. The summed E-state index contributed by atoms with van der Waals surface area (Å²) in [6, 6.07) is 0. The molecule has 1 unspecified atom stereocenters. The molecule has 1 saturated heterocycles. The SMILES string of the molecule is CC1(C)C2CC[C@@]3(CC=O)CCCC=C3[C@@]2(C)CCC12OCCO2. The molecule has 0 radical (unpaired) electrons. The van der Waals surface area contributed by atoms with Crippen LogP contribution >= 0.6 is 0 Å². The lowest BCUT2D eigenvalue weighted by Crippen LogP contribution is -2.62. The number of carbonyl (C=O) groups excluding carboxylic acids is 1. The highest BCUT2D eigenvalue weighted by Gasteiger charge is 2.65. The second kappa shape index (κ2) is 5.41. The molecular formula is C21H32O3. The second-order valence-corrected chi connectivity index (χ2v) is 9.34. The number of aldehydes is 1. The first kappa shape index (κ1) is 16.8. The monoisotopic (exact) mass is 332 g/mol. The lowest BCUT2D eigenvalue weighted by molar-refractivity contribution is -0.285. The second-order valence-electron chi connectivity index (χ2n) is 9.34. The first-order valence-electron chi connectivity index (χ1n) is 9.83. The van der Waals surface area contributed by atoms with Crippen molar-refractivity contribution in [3.63, 3.8) is 0 Å². The standard InChI is InChI=1S/C21H32O3/c1-18(2)16-7-9-20(12-13-22)8-5-4-6-17(20)19(16,3)10-11-21(18)23-14-15-24-21/h6,13,16H,4-5,7-12,14-15H2,1-3H3/t16?,19-,20+/m0/s1. The average molecular weight is 332 g/mol. The van der Waals surface area contributed by atoms with Gasteiger partial charge in [0.1, 0.15) is 6.29 Å². The average Bonchev–Trinajstić information content (AvgIpc) is 3.03. The summed E-state index contributed by atoms with van der Waals surface area (Å²) in [6.45, 7) is 8.64. The van der Waals surface area contributed by atoms with Gasteiger partial charge in [-0.15, -0.1) is 0 Å². The quantitative estimate of drug-likeness (QED) is 0.545. The van der Waals surface area contributed by atoms with Gasteiger partial charge in [0.2, 0.25) is 0 Å². The summed E-state index contributed by atoms with van der Waals surface area (Å²) < 4.78 is 12.4. The summed E-state index contributed by atoms with van der Waals surface area (Å²) in [5.74, 6) is 0.165. The number of fused-ring (bicyclic) bond motifs is 3. The van der Waals surface area contributed by atoms with E-state index in [0.29, 0.717) is 12.3 Å². The van der Waals surface area contributed by atoms with E-state index in [1.165, 1.54) is 32.0 Å². The maximum absolute atomic E-state index is 11.5. The van der Waals surface area contributed by atoms with Crippen LogP contribution in [0.4, 0.5) is 0 Å². The van der Waals surface area contributed by atoms with Crippen LogP contribution in [0, 0.1) is 22.2 Å². The molecule has 3 aliphatic carbocycles. The molecule has 24 heavy (non-hydrogen) atoms. The van der Waals surface area contributed by atoms with Crippen LogP contribution in [0.2, 0.25) is 0 Å². The number of ether oxygens (including phenoxy) is 2. The molecule has 134 valence electrons. The molecule has 0 aromatic carbocycles. The van der Waals surface area contributed by atoms with Crippen LogP contribution in [0.5, 0.6) is 0 Å². The van der Waals surface area contributed by atoms with Crippen molar-refractivity contribution in [1.29, 1.82) is 0 Å². The van der Waals surface area contributed by atoms with Gasteiger partial charge >= 0.3 is 0 Å². The van der Waals surface area contributed by atoms with Gasteiger partial charge in [0.05, 0.1) is 13.2 Å². The fraction of sp³-hybridized carbons (Fsp3) is 0.857. The molecule has 3 atom stereocenters. The van der Waals surface area contributed by atoms with E-state index < -0.39 is 5.79 Å². The predicted molar refractivity (Wildman–Crippen MR) is 93.5 cm³/mol. The zero-order valence-corrected chi connectivity index (χ0v) is 15.5. The van der Waals surface area contributed by atoms with Crippen LogP contribution in [0.25, 0.3) is 0 Å². The zero-order chi connectivity index (χ0) is 17.1. The molecule has 2 saturated carbocycles. The van der Waals surface area contributed by atoms with Crippen molar-refractivity contribution in [3.05, 3.63) is 11.6 Å². The molecule has 4 aliphatic rings. The molecule has 0 aromatic heterocycles. The Morgan fingerprint density at radius 1 is 1.12 bits per heavy atom. The Kier molecular flexibility index (Phi) is 3.78. The minimum absolute atomic E-state index is 0.00211. The Labute approximate surface area is 146 Å². The van der Waals surface area contributed by atoms with Gasteiger partial charge < -0.3 is 14.3 Å². The van der Waals surface area contributed by atoms with E-state index in [1.54, 1.807) is 5.57 Å². The topological polar surface area (TPSA) is 35.5 Å². The van der Waals surface area contributed by atoms with Gasteiger partial charge in [-0.2, -0.15) is 0 Å². The third kappa shape index (κ3) is 2.00. The summed E-state index contributed by atoms with van der Waals surface area (Å²) in [6.07, 6.45) is 12.4. The number of carbonyl (C=O) groups is 1. The minimum atomic E-state index is -0.392. The number of hydrogen-bond donors (Lipinski definition) is 0. The largest absolute Gasteiger partial charge is 0.347 e. The summed E-state index contributed by atoms with van der Waals surface area (Å²) in [5.41, 5.74) is 1.93. The molecule has 3 fully saturated rings. The maximum Gasteiger partial charge on any atom is 0.173 e. The van der Waals surface area contributed by atoms with Crippen molar-refractivity contribution in [2.75, 3.05) is 13.2 Å². The lowest BCUT2D eigenvalue weighted by atomic mass is 9.42. The van der Waals surface area contributed by atoms with E-state index in [4.69, 9.17) is 9.47 Å². The summed E-state index contributed by atoms with van der Waals surface area (Å²) in [4.78, 5) is 11.5. The van der Waals surface area contributed by atoms with Crippen molar-refractivity contribution in [3.8, 4) is 0 Å². The molecule has 0 bridgehead atoms. The van der Waals surface area contributed by atoms with Crippen LogP contribution in [0.3, 0.4) is 0 Å². The smallest absolute Gasteiger partial charge is 0.173 e. The Hall–Kier alpha value is -0.670. The van der Waals surface area contributed by atoms with Crippen LogP contribution in [0.1, 0.15) is 72.1 Å². The molecule has 0 amide bonds. The summed E-state index contributed by atoms with van der Waals surface area (Å²) in [7, 11) is 0. The fourth-order valence-electron chi connectivity index (χ4n) is 6.99. The highest BCUT2D eigenvalue weighted by atomic mass is 16.7. The van der Waals surface area contributed by atoms with Crippen LogP contribution in [0.15, 0.2) is 11.6 Å². The van der Waals surface area contributed by atoms with Gasteiger partial charge in [0.15, 0.2) is 5.79 Å².